The van der Waals surface area contributed by atoms with Crippen molar-refractivity contribution in [2.45, 2.75) is 6.92 Å². The molecule has 0 amide bonds. The zero-order chi connectivity index (χ0) is 13.4. The van der Waals surface area contributed by atoms with Gasteiger partial charge in [0.2, 0.25) is 5.82 Å². The molecule has 0 radical (unpaired) electrons. The highest BCUT2D eigenvalue weighted by atomic mass is 19.1. The molecule has 0 aliphatic carbocycles. The first-order valence-electron chi connectivity index (χ1n) is 5.59. The van der Waals surface area contributed by atoms with Crippen molar-refractivity contribution in [3.63, 3.8) is 0 Å². The minimum atomic E-state index is -0.522. The van der Waals surface area contributed by atoms with Crippen LogP contribution in [0.3, 0.4) is 0 Å². The zero-order valence-corrected chi connectivity index (χ0v) is 10.1. The summed E-state index contributed by atoms with van der Waals surface area (Å²) in [5.41, 5.74) is 6.88. The van der Waals surface area contributed by atoms with E-state index in [9.17, 15) is 4.39 Å². The average Bonchev–Trinajstić information content (AvgIpc) is 3.01. The van der Waals surface area contributed by atoms with Crippen molar-refractivity contribution in [1.29, 1.82) is 0 Å². The van der Waals surface area contributed by atoms with Gasteiger partial charge in [0.25, 0.3) is 5.89 Å². The van der Waals surface area contributed by atoms with Crippen molar-refractivity contribution in [2.75, 3.05) is 5.73 Å². The Morgan fingerprint density at radius 1 is 1.26 bits per heavy atom. The molecular weight excluding hydrogens is 249 g/mol. The molecule has 0 bridgehead atoms. The van der Waals surface area contributed by atoms with E-state index < -0.39 is 5.82 Å². The summed E-state index contributed by atoms with van der Waals surface area (Å²) in [5, 5.41) is 3.81. The van der Waals surface area contributed by atoms with Gasteiger partial charge in [0.15, 0.2) is 5.76 Å². The van der Waals surface area contributed by atoms with Crippen LogP contribution in [-0.4, -0.2) is 10.1 Å². The van der Waals surface area contributed by atoms with E-state index in [0.717, 1.165) is 5.56 Å². The SMILES string of the molecule is Cc1ccoc1-c1noc(-c2cccc(F)c2N)n1. The molecule has 0 saturated carbocycles. The van der Waals surface area contributed by atoms with E-state index in [1.165, 1.54) is 18.4 Å². The lowest BCUT2D eigenvalue weighted by atomic mass is 10.2. The minimum absolute atomic E-state index is 0.0196. The topological polar surface area (TPSA) is 78.1 Å². The Bertz CT molecular complexity index is 733. The number of rotatable bonds is 2. The Hall–Kier alpha value is -2.63. The quantitative estimate of drug-likeness (QED) is 0.715. The van der Waals surface area contributed by atoms with Crippen molar-refractivity contribution in [1.82, 2.24) is 10.1 Å². The smallest absolute Gasteiger partial charge is 0.260 e. The van der Waals surface area contributed by atoms with Crippen molar-refractivity contribution in [3.05, 3.63) is 41.9 Å². The number of anilines is 1. The Morgan fingerprint density at radius 3 is 2.84 bits per heavy atom. The number of hydrogen-bond donors (Lipinski definition) is 1. The third-order valence-corrected chi connectivity index (χ3v) is 2.77. The van der Waals surface area contributed by atoms with E-state index >= 15 is 0 Å². The van der Waals surface area contributed by atoms with Crippen molar-refractivity contribution < 1.29 is 13.3 Å². The fourth-order valence-corrected chi connectivity index (χ4v) is 1.75. The highest BCUT2D eigenvalue weighted by Gasteiger charge is 2.17. The zero-order valence-electron chi connectivity index (χ0n) is 10.1. The number of nitrogens with zero attached hydrogens (tertiary/aromatic N) is 2. The average molecular weight is 259 g/mol. The van der Waals surface area contributed by atoms with Crippen LogP contribution in [-0.2, 0) is 0 Å². The van der Waals surface area contributed by atoms with E-state index in [2.05, 4.69) is 10.1 Å². The summed E-state index contributed by atoms with van der Waals surface area (Å²) in [4.78, 5) is 4.17. The van der Waals surface area contributed by atoms with Gasteiger partial charge in [-0.3, -0.25) is 0 Å². The van der Waals surface area contributed by atoms with Gasteiger partial charge in [-0.15, -0.1) is 0 Å². The monoisotopic (exact) mass is 259 g/mol. The van der Waals surface area contributed by atoms with E-state index in [-0.39, 0.29) is 11.6 Å². The molecule has 2 N–H and O–H groups in total. The summed E-state index contributed by atoms with van der Waals surface area (Å²) in [6, 6.07) is 6.21. The Kier molecular flexibility index (Phi) is 2.56. The van der Waals surface area contributed by atoms with Crippen LogP contribution >= 0.6 is 0 Å². The molecule has 19 heavy (non-hydrogen) atoms. The van der Waals surface area contributed by atoms with Crippen molar-refractivity contribution >= 4 is 5.69 Å². The first-order valence-corrected chi connectivity index (χ1v) is 5.59. The normalized spacial score (nSPS) is 10.8. The predicted molar refractivity (Wildman–Crippen MR) is 66.5 cm³/mol. The summed E-state index contributed by atoms with van der Waals surface area (Å²) in [6.45, 7) is 1.87. The molecule has 2 heterocycles. The molecule has 0 aliphatic heterocycles. The van der Waals surface area contributed by atoms with Crippen LogP contribution in [0, 0.1) is 12.7 Å². The molecular formula is C13H10FN3O2. The van der Waals surface area contributed by atoms with Gasteiger partial charge >= 0.3 is 0 Å². The molecule has 0 spiro atoms. The van der Waals surface area contributed by atoms with Crippen LogP contribution in [0.1, 0.15) is 5.56 Å². The van der Waals surface area contributed by atoms with Crippen LogP contribution in [0.2, 0.25) is 0 Å². The molecule has 2 aromatic heterocycles. The summed E-state index contributed by atoms with van der Waals surface area (Å²) in [6.07, 6.45) is 1.54. The van der Waals surface area contributed by atoms with Gasteiger partial charge in [0, 0.05) is 0 Å². The predicted octanol–water partition coefficient (Wildman–Crippen LogP) is 3.03. The van der Waals surface area contributed by atoms with Gasteiger partial charge in [0.05, 0.1) is 17.5 Å². The first kappa shape index (κ1) is 11.5. The maximum absolute atomic E-state index is 13.4. The number of aromatic nitrogens is 2. The molecule has 6 heteroatoms. The fourth-order valence-electron chi connectivity index (χ4n) is 1.75. The van der Waals surface area contributed by atoms with E-state index in [0.29, 0.717) is 17.1 Å². The molecule has 0 fully saturated rings. The Balaban J connectivity index is 2.07. The van der Waals surface area contributed by atoms with Gasteiger partial charge in [-0.1, -0.05) is 11.2 Å². The maximum Gasteiger partial charge on any atom is 0.260 e. The third-order valence-electron chi connectivity index (χ3n) is 2.77. The lowest BCUT2D eigenvalue weighted by Crippen LogP contribution is -1.94. The standard InChI is InChI=1S/C13H10FN3O2/c1-7-5-6-18-11(7)12-16-13(19-17-12)8-3-2-4-9(14)10(8)15/h2-6H,15H2,1H3. The number of hydrogen-bond acceptors (Lipinski definition) is 5. The summed E-state index contributed by atoms with van der Waals surface area (Å²) < 4.78 is 23.7. The van der Waals surface area contributed by atoms with Gasteiger partial charge in [-0.05, 0) is 30.7 Å². The van der Waals surface area contributed by atoms with Crippen LogP contribution in [0.25, 0.3) is 23.0 Å². The maximum atomic E-state index is 13.4. The number of para-hydroxylation sites is 1. The van der Waals surface area contributed by atoms with Gasteiger partial charge in [-0.2, -0.15) is 4.98 Å². The molecule has 1 aromatic carbocycles. The van der Waals surface area contributed by atoms with E-state index in [1.807, 2.05) is 6.92 Å². The van der Waals surface area contributed by atoms with Gasteiger partial charge < -0.3 is 14.7 Å². The number of nitrogens with two attached hydrogens (primary N) is 1. The summed E-state index contributed by atoms with van der Waals surface area (Å²) in [5.74, 6) is 0.459. The number of halogens is 1. The van der Waals surface area contributed by atoms with Crippen molar-refractivity contribution in [3.8, 4) is 23.0 Å². The second-order valence-electron chi connectivity index (χ2n) is 4.06. The molecule has 3 aromatic rings. The Labute approximate surface area is 107 Å². The van der Waals surface area contributed by atoms with Gasteiger partial charge in [-0.25, -0.2) is 4.39 Å². The van der Waals surface area contributed by atoms with Crippen LogP contribution in [0.5, 0.6) is 0 Å². The molecule has 0 aliphatic rings. The van der Waals surface area contributed by atoms with Crippen LogP contribution in [0.15, 0.2) is 39.5 Å². The molecule has 3 rings (SSSR count). The summed E-state index contributed by atoms with van der Waals surface area (Å²) in [7, 11) is 0. The lowest BCUT2D eigenvalue weighted by Gasteiger charge is -2.00. The number of nitrogen functional groups attached to an aromatic ring is 1. The molecule has 0 atom stereocenters. The molecule has 0 saturated heterocycles. The fraction of sp³-hybridized carbons (Fsp3) is 0.0769. The van der Waals surface area contributed by atoms with Gasteiger partial charge in [0.1, 0.15) is 5.82 Å². The van der Waals surface area contributed by atoms with E-state index in [4.69, 9.17) is 14.7 Å². The van der Waals surface area contributed by atoms with Crippen LogP contribution in [0.4, 0.5) is 10.1 Å². The molecule has 5 nitrogen and oxygen atoms in total. The largest absolute Gasteiger partial charge is 0.461 e. The number of furan rings is 1. The number of benzene rings is 1. The molecule has 96 valence electrons. The third kappa shape index (κ3) is 1.87. The minimum Gasteiger partial charge on any atom is -0.461 e. The highest BCUT2D eigenvalue weighted by Crippen LogP contribution is 2.29. The first-order chi connectivity index (χ1) is 9.16. The second kappa shape index (κ2) is 4.24. The van der Waals surface area contributed by atoms with Crippen molar-refractivity contribution in [2.24, 2.45) is 0 Å². The van der Waals surface area contributed by atoms with Crippen LogP contribution < -0.4 is 5.73 Å². The molecule has 0 unspecified atom stereocenters. The highest BCUT2D eigenvalue weighted by molar-refractivity contribution is 5.71. The lowest BCUT2D eigenvalue weighted by molar-refractivity contribution is 0.429. The van der Waals surface area contributed by atoms with E-state index in [1.54, 1.807) is 12.1 Å². The number of aryl methyl sites for hydroxylation is 1. The Morgan fingerprint density at radius 2 is 2.11 bits per heavy atom. The summed E-state index contributed by atoms with van der Waals surface area (Å²) >= 11 is 0. The second-order valence-corrected chi connectivity index (χ2v) is 4.06.